The third kappa shape index (κ3) is 5.66. The molecule has 0 aromatic heterocycles. The van der Waals surface area contributed by atoms with Gasteiger partial charge in [-0.25, -0.2) is 4.79 Å². The molecule has 0 bridgehead atoms. The van der Waals surface area contributed by atoms with Gasteiger partial charge in [-0.2, -0.15) is 5.10 Å². The summed E-state index contributed by atoms with van der Waals surface area (Å²) >= 11 is 1.20. The molecule has 2 amide bonds. The largest absolute Gasteiger partial charge is 0.478 e. The summed E-state index contributed by atoms with van der Waals surface area (Å²) in [5.74, 6) is -1.62. The first-order chi connectivity index (χ1) is 13.5. The van der Waals surface area contributed by atoms with Gasteiger partial charge in [-0.15, -0.1) is 5.10 Å². The van der Waals surface area contributed by atoms with Crippen molar-refractivity contribution in [3.8, 4) is 0 Å². The number of hydrogen-bond acceptors (Lipinski definition) is 6. The monoisotopic (exact) mass is 402 g/mol. The number of hydrogen-bond donors (Lipinski definition) is 3. The highest BCUT2D eigenvalue weighted by molar-refractivity contribution is 8.15. The second-order valence-electron chi connectivity index (χ2n) is 6.72. The molecule has 1 aliphatic heterocycles. The Hall–Kier alpha value is -2.68. The van der Waals surface area contributed by atoms with Crippen molar-refractivity contribution < 1.29 is 19.5 Å². The SMILES string of the molecule is O=C(C[C@H]1S/C(=N\N=C2CCCCCC2)NC1=O)Nc1ccc(C(=O)O)cc1. The zero-order valence-corrected chi connectivity index (χ0v) is 16.1. The van der Waals surface area contributed by atoms with E-state index in [1.807, 2.05) is 0 Å². The molecule has 148 valence electrons. The molecule has 0 unspecified atom stereocenters. The number of carboxylic acids is 1. The third-order valence-corrected chi connectivity index (χ3v) is 5.60. The topological polar surface area (TPSA) is 120 Å². The highest BCUT2D eigenvalue weighted by Crippen LogP contribution is 2.23. The number of carbonyl (C=O) groups is 3. The van der Waals surface area contributed by atoms with Crippen molar-refractivity contribution in [1.82, 2.24) is 5.32 Å². The van der Waals surface area contributed by atoms with E-state index in [1.165, 1.54) is 48.9 Å². The van der Waals surface area contributed by atoms with Crippen molar-refractivity contribution in [2.45, 2.75) is 50.2 Å². The van der Waals surface area contributed by atoms with Gasteiger partial charge < -0.3 is 15.7 Å². The van der Waals surface area contributed by atoms with Gasteiger partial charge in [-0.1, -0.05) is 24.6 Å². The number of rotatable bonds is 5. The molecule has 0 spiro atoms. The van der Waals surface area contributed by atoms with Crippen molar-refractivity contribution >= 4 is 46.1 Å². The van der Waals surface area contributed by atoms with Crippen LogP contribution in [0, 0.1) is 0 Å². The lowest BCUT2D eigenvalue weighted by Gasteiger charge is -2.07. The first-order valence-corrected chi connectivity index (χ1v) is 10.1. The highest BCUT2D eigenvalue weighted by atomic mass is 32.2. The standard InChI is InChI=1S/C19H22N4O4S/c24-16(20-13-9-7-12(8-10-13)18(26)27)11-15-17(25)21-19(28-15)23-22-14-5-3-1-2-4-6-14/h7-10,15H,1-6,11H2,(H,20,24)(H,26,27)(H,21,23,25)/t15-/m1/s1. The van der Waals surface area contributed by atoms with Crippen LogP contribution in [0.2, 0.25) is 0 Å². The third-order valence-electron chi connectivity index (χ3n) is 4.53. The van der Waals surface area contributed by atoms with E-state index in [-0.39, 0.29) is 23.8 Å². The number of amidine groups is 1. The molecule has 9 heteroatoms. The van der Waals surface area contributed by atoms with Crippen molar-refractivity contribution in [3.63, 3.8) is 0 Å². The molecule has 1 aliphatic carbocycles. The number of nitrogens with zero attached hydrogens (tertiary/aromatic N) is 2. The number of nitrogens with one attached hydrogen (secondary N) is 2. The van der Waals surface area contributed by atoms with E-state index in [0.29, 0.717) is 10.9 Å². The Morgan fingerprint density at radius 1 is 1.11 bits per heavy atom. The average molecular weight is 402 g/mol. The second-order valence-corrected chi connectivity index (χ2v) is 7.91. The van der Waals surface area contributed by atoms with Crippen LogP contribution in [0.4, 0.5) is 5.69 Å². The number of benzene rings is 1. The van der Waals surface area contributed by atoms with Crippen LogP contribution < -0.4 is 10.6 Å². The predicted molar refractivity (Wildman–Crippen MR) is 109 cm³/mol. The van der Waals surface area contributed by atoms with Crippen LogP contribution >= 0.6 is 11.8 Å². The Morgan fingerprint density at radius 2 is 1.79 bits per heavy atom. The maximum atomic E-state index is 12.2. The minimum Gasteiger partial charge on any atom is -0.478 e. The van der Waals surface area contributed by atoms with Gasteiger partial charge in [0.05, 0.1) is 5.56 Å². The van der Waals surface area contributed by atoms with Crippen molar-refractivity contribution in [2.24, 2.45) is 10.2 Å². The van der Waals surface area contributed by atoms with Crippen molar-refractivity contribution in [2.75, 3.05) is 5.32 Å². The number of anilines is 1. The lowest BCUT2D eigenvalue weighted by molar-refractivity contribution is -0.122. The molecular weight excluding hydrogens is 380 g/mol. The molecule has 0 radical (unpaired) electrons. The van der Waals surface area contributed by atoms with E-state index < -0.39 is 11.2 Å². The fourth-order valence-electron chi connectivity index (χ4n) is 3.02. The first-order valence-electron chi connectivity index (χ1n) is 9.25. The van der Waals surface area contributed by atoms with Crippen LogP contribution in [0.3, 0.4) is 0 Å². The van der Waals surface area contributed by atoms with Gasteiger partial charge >= 0.3 is 5.97 Å². The molecule has 3 N–H and O–H groups in total. The molecule has 1 saturated carbocycles. The average Bonchev–Trinajstić information content (AvgIpc) is 2.86. The van der Waals surface area contributed by atoms with Crippen LogP contribution in [-0.4, -0.2) is 39.0 Å². The maximum Gasteiger partial charge on any atom is 0.335 e. The molecule has 28 heavy (non-hydrogen) atoms. The van der Waals surface area contributed by atoms with Gasteiger partial charge in [-0.3, -0.25) is 9.59 Å². The van der Waals surface area contributed by atoms with Gasteiger partial charge in [0.1, 0.15) is 5.25 Å². The maximum absolute atomic E-state index is 12.2. The molecule has 8 nitrogen and oxygen atoms in total. The van der Waals surface area contributed by atoms with E-state index in [0.717, 1.165) is 31.4 Å². The summed E-state index contributed by atoms with van der Waals surface area (Å²) in [5.41, 5.74) is 1.68. The summed E-state index contributed by atoms with van der Waals surface area (Å²) in [6, 6.07) is 5.84. The summed E-state index contributed by atoms with van der Waals surface area (Å²) in [6.07, 6.45) is 6.57. The van der Waals surface area contributed by atoms with E-state index >= 15 is 0 Å². The minimum atomic E-state index is -1.03. The van der Waals surface area contributed by atoms with Crippen LogP contribution in [0.5, 0.6) is 0 Å². The highest BCUT2D eigenvalue weighted by Gasteiger charge is 2.32. The van der Waals surface area contributed by atoms with Crippen LogP contribution in [0.1, 0.15) is 55.3 Å². The Balaban J connectivity index is 1.53. The van der Waals surface area contributed by atoms with Crippen molar-refractivity contribution in [1.29, 1.82) is 0 Å². The summed E-state index contributed by atoms with van der Waals surface area (Å²) in [4.78, 5) is 35.1. The predicted octanol–water partition coefficient (Wildman–Crippen LogP) is 3.01. The number of carboxylic acid groups (broad SMARTS) is 1. The summed E-state index contributed by atoms with van der Waals surface area (Å²) in [7, 11) is 0. The smallest absolute Gasteiger partial charge is 0.335 e. The summed E-state index contributed by atoms with van der Waals surface area (Å²) < 4.78 is 0. The van der Waals surface area contributed by atoms with Crippen LogP contribution in [-0.2, 0) is 9.59 Å². The Labute approximate surface area is 166 Å². The number of thioether (sulfide) groups is 1. The molecule has 3 rings (SSSR count). The fraction of sp³-hybridized carbons (Fsp3) is 0.421. The van der Waals surface area contributed by atoms with E-state index in [4.69, 9.17) is 5.11 Å². The van der Waals surface area contributed by atoms with Crippen LogP contribution in [0.25, 0.3) is 0 Å². The van der Waals surface area contributed by atoms with Gasteiger partial charge in [0.15, 0.2) is 5.17 Å². The normalized spacial score (nSPS) is 21.1. The number of carbonyl (C=O) groups excluding carboxylic acids is 2. The minimum absolute atomic E-state index is 0.00717. The van der Waals surface area contributed by atoms with Crippen LogP contribution in [0.15, 0.2) is 34.5 Å². The summed E-state index contributed by atoms with van der Waals surface area (Å²) in [6.45, 7) is 0. The second kappa shape index (κ2) is 9.50. The Kier molecular flexibility index (Phi) is 6.80. The number of amides is 2. The Bertz CT molecular complexity index is 810. The molecule has 1 atom stereocenters. The zero-order chi connectivity index (χ0) is 19.9. The summed E-state index contributed by atoms with van der Waals surface area (Å²) in [5, 5.41) is 22.5. The van der Waals surface area contributed by atoms with E-state index in [1.54, 1.807) is 0 Å². The van der Waals surface area contributed by atoms with Gasteiger partial charge in [-0.05, 0) is 49.9 Å². The van der Waals surface area contributed by atoms with Crippen molar-refractivity contribution in [3.05, 3.63) is 29.8 Å². The van der Waals surface area contributed by atoms with Gasteiger partial charge in [0.25, 0.3) is 0 Å². The van der Waals surface area contributed by atoms with E-state index in [2.05, 4.69) is 20.8 Å². The lowest BCUT2D eigenvalue weighted by Crippen LogP contribution is -2.28. The quantitative estimate of drug-likeness (QED) is 0.516. The molecule has 1 aromatic rings. The number of aromatic carboxylic acids is 1. The van der Waals surface area contributed by atoms with E-state index in [9.17, 15) is 14.4 Å². The molecule has 2 fully saturated rings. The molecule has 2 aliphatic rings. The zero-order valence-electron chi connectivity index (χ0n) is 15.3. The first kappa shape index (κ1) is 20.1. The molecule has 1 saturated heterocycles. The molecule has 1 heterocycles. The Morgan fingerprint density at radius 3 is 2.43 bits per heavy atom. The lowest BCUT2D eigenvalue weighted by atomic mass is 10.2. The van der Waals surface area contributed by atoms with Gasteiger partial charge in [0, 0.05) is 17.8 Å². The molecular formula is C19H22N4O4S. The molecule has 1 aromatic carbocycles. The fourth-order valence-corrected chi connectivity index (χ4v) is 3.93. The van der Waals surface area contributed by atoms with Gasteiger partial charge in [0.2, 0.25) is 11.8 Å².